The molecule has 76 valence electrons. The van der Waals surface area contributed by atoms with Crippen molar-refractivity contribution in [3.05, 3.63) is 22.7 Å². The number of hydrogen-bond acceptors (Lipinski definition) is 4. The minimum Gasteiger partial charge on any atom is -0.288 e. The topological polar surface area (TPSA) is 42.9 Å². The van der Waals surface area contributed by atoms with E-state index in [0.717, 1.165) is 17.2 Å². The average molecular weight is 210 g/mol. The molecule has 0 fully saturated rings. The van der Waals surface area contributed by atoms with E-state index < -0.39 is 0 Å². The zero-order valence-corrected chi connectivity index (χ0v) is 9.73. The third-order valence-electron chi connectivity index (χ3n) is 1.79. The normalized spacial score (nSPS) is 11.4. The molecule has 0 amide bonds. The van der Waals surface area contributed by atoms with Crippen molar-refractivity contribution in [1.29, 1.82) is 0 Å². The van der Waals surface area contributed by atoms with Crippen molar-refractivity contribution in [2.45, 2.75) is 33.1 Å². The van der Waals surface area contributed by atoms with Gasteiger partial charge in [0.15, 0.2) is 0 Å². The fourth-order valence-electron chi connectivity index (χ4n) is 1.02. The number of aromatic nitrogens is 2. The smallest absolute Gasteiger partial charge is 0.201 e. The first-order valence-electron chi connectivity index (χ1n) is 4.37. The molecule has 0 unspecified atom stereocenters. The maximum absolute atomic E-state index is 11.7. The van der Waals surface area contributed by atoms with Crippen LogP contribution in [0.15, 0.2) is 12.2 Å². The lowest BCUT2D eigenvalue weighted by Crippen LogP contribution is -2.16. The second-order valence-corrected chi connectivity index (χ2v) is 5.06. The first-order chi connectivity index (χ1) is 6.34. The average Bonchev–Trinajstić information content (AvgIpc) is 2.48. The summed E-state index contributed by atoms with van der Waals surface area (Å²) in [6, 6.07) is 0. The lowest BCUT2D eigenvalue weighted by Gasteiger charge is -2.15. The van der Waals surface area contributed by atoms with Gasteiger partial charge in [0.05, 0.1) is 5.69 Å². The van der Waals surface area contributed by atoms with Crippen LogP contribution in [0.3, 0.4) is 0 Å². The van der Waals surface area contributed by atoms with Crippen LogP contribution in [0.4, 0.5) is 0 Å². The molecule has 14 heavy (non-hydrogen) atoms. The van der Waals surface area contributed by atoms with E-state index in [2.05, 4.69) is 16.2 Å². The van der Waals surface area contributed by atoms with Gasteiger partial charge in [-0.15, -0.1) is 5.10 Å². The monoisotopic (exact) mass is 210 g/mol. The van der Waals surface area contributed by atoms with Crippen molar-refractivity contribution in [2.24, 2.45) is 0 Å². The second kappa shape index (κ2) is 3.61. The Labute approximate surface area is 88.0 Å². The highest BCUT2D eigenvalue weighted by Crippen LogP contribution is 2.27. The molecule has 0 aliphatic heterocycles. The molecule has 1 aromatic heterocycles. The second-order valence-electron chi connectivity index (χ2n) is 4.31. The minimum atomic E-state index is -0.145. The Morgan fingerprint density at radius 1 is 1.43 bits per heavy atom. The quantitative estimate of drug-likeness (QED) is 0.556. The van der Waals surface area contributed by atoms with E-state index in [4.69, 9.17) is 0 Å². The molecular weight excluding hydrogens is 196 g/mol. The molecule has 0 radical (unpaired) electrons. The molecule has 0 saturated carbocycles. The SMILES string of the molecule is C=C(C)C(=O)c1snnc1C(C)(C)C. The predicted molar refractivity (Wildman–Crippen MR) is 57.8 cm³/mol. The van der Waals surface area contributed by atoms with E-state index in [-0.39, 0.29) is 11.2 Å². The van der Waals surface area contributed by atoms with Crippen molar-refractivity contribution in [1.82, 2.24) is 9.59 Å². The van der Waals surface area contributed by atoms with E-state index in [1.54, 1.807) is 6.92 Å². The van der Waals surface area contributed by atoms with E-state index >= 15 is 0 Å². The lowest BCUT2D eigenvalue weighted by atomic mass is 9.90. The first-order valence-corrected chi connectivity index (χ1v) is 5.14. The van der Waals surface area contributed by atoms with Crippen molar-refractivity contribution in [2.75, 3.05) is 0 Å². The number of allylic oxidation sites excluding steroid dienone is 1. The Bertz CT molecular complexity index is 374. The Hall–Kier alpha value is -1.03. The van der Waals surface area contributed by atoms with Crippen molar-refractivity contribution in [3.63, 3.8) is 0 Å². The van der Waals surface area contributed by atoms with Crippen LogP contribution in [-0.4, -0.2) is 15.4 Å². The van der Waals surface area contributed by atoms with E-state index in [0.29, 0.717) is 10.5 Å². The zero-order valence-electron chi connectivity index (χ0n) is 8.92. The summed E-state index contributed by atoms with van der Waals surface area (Å²) < 4.78 is 3.82. The van der Waals surface area contributed by atoms with Gasteiger partial charge < -0.3 is 0 Å². The third-order valence-corrected chi connectivity index (χ3v) is 2.52. The van der Waals surface area contributed by atoms with Crippen LogP contribution < -0.4 is 0 Å². The molecule has 0 saturated heterocycles. The fraction of sp³-hybridized carbons (Fsp3) is 0.500. The Kier molecular flexibility index (Phi) is 2.85. The van der Waals surface area contributed by atoms with Crippen LogP contribution in [-0.2, 0) is 5.41 Å². The number of Topliss-reactive ketones (excluding diaryl/α,β-unsaturated/α-hetero) is 1. The highest BCUT2D eigenvalue weighted by atomic mass is 32.1. The molecule has 0 atom stereocenters. The molecule has 0 aliphatic carbocycles. The molecule has 3 nitrogen and oxygen atoms in total. The van der Waals surface area contributed by atoms with Crippen molar-refractivity contribution >= 4 is 17.3 Å². The van der Waals surface area contributed by atoms with Crippen LogP contribution in [0, 0.1) is 0 Å². The van der Waals surface area contributed by atoms with E-state index in [9.17, 15) is 4.79 Å². The number of rotatable bonds is 2. The van der Waals surface area contributed by atoms with Gasteiger partial charge >= 0.3 is 0 Å². The summed E-state index contributed by atoms with van der Waals surface area (Å²) >= 11 is 1.14. The van der Waals surface area contributed by atoms with Gasteiger partial charge in [-0.2, -0.15) is 0 Å². The van der Waals surface area contributed by atoms with Crippen LogP contribution >= 0.6 is 11.5 Å². The minimum absolute atomic E-state index is 0.0510. The fourth-order valence-corrected chi connectivity index (χ4v) is 1.92. The van der Waals surface area contributed by atoms with Crippen molar-refractivity contribution < 1.29 is 4.79 Å². The molecule has 0 aromatic carbocycles. The molecule has 4 heteroatoms. The van der Waals surface area contributed by atoms with Crippen molar-refractivity contribution in [3.8, 4) is 0 Å². The third kappa shape index (κ3) is 2.07. The summed E-state index contributed by atoms with van der Waals surface area (Å²) in [5.74, 6) is -0.0510. The predicted octanol–water partition coefficient (Wildman–Crippen LogP) is 2.59. The summed E-state index contributed by atoms with van der Waals surface area (Å²) in [5.41, 5.74) is 1.14. The van der Waals surface area contributed by atoms with Gasteiger partial charge in [-0.25, -0.2) is 0 Å². The van der Waals surface area contributed by atoms with Gasteiger partial charge in [0.25, 0.3) is 0 Å². The zero-order chi connectivity index (χ0) is 10.9. The van der Waals surface area contributed by atoms with Gasteiger partial charge in [0.1, 0.15) is 4.88 Å². The molecule has 1 rings (SSSR count). The van der Waals surface area contributed by atoms with Gasteiger partial charge in [-0.05, 0) is 24.0 Å². The number of carbonyl (C=O) groups is 1. The van der Waals surface area contributed by atoms with Crippen LogP contribution in [0.5, 0.6) is 0 Å². The Balaban J connectivity index is 3.18. The first kappa shape index (κ1) is 11.0. The number of nitrogens with zero attached hydrogens (tertiary/aromatic N) is 2. The summed E-state index contributed by atoms with van der Waals surface area (Å²) in [6.45, 7) is 11.4. The highest BCUT2D eigenvalue weighted by molar-refractivity contribution is 7.08. The molecule has 0 aliphatic rings. The Morgan fingerprint density at radius 3 is 2.43 bits per heavy atom. The number of hydrogen-bond donors (Lipinski definition) is 0. The lowest BCUT2D eigenvalue weighted by molar-refractivity contribution is 0.103. The van der Waals surface area contributed by atoms with Crippen LogP contribution in [0.2, 0.25) is 0 Å². The van der Waals surface area contributed by atoms with E-state index in [1.165, 1.54) is 0 Å². The highest BCUT2D eigenvalue weighted by Gasteiger charge is 2.26. The standard InChI is InChI=1S/C10H14N2OS/c1-6(2)7(13)8-9(10(3,4)5)11-12-14-8/h1H2,2-5H3. The number of ketones is 1. The molecular formula is C10H14N2OS. The van der Waals surface area contributed by atoms with Gasteiger partial charge in [0.2, 0.25) is 5.78 Å². The van der Waals surface area contributed by atoms with Gasteiger partial charge in [0, 0.05) is 5.41 Å². The van der Waals surface area contributed by atoms with Gasteiger partial charge in [-0.1, -0.05) is 31.8 Å². The molecule has 0 spiro atoms. The maximum Gasteiger partial charge on any atom is 0.201 e. The summed E-state index contributed by atoms with van der Waals surface area (Å²) in [6.07, 6.45) is 0. The summed E-state index contributed by atoms with van der Waals surface area (Å²) in [7, 11) is 0. The largest absolute Gasteiger partial charge is 0.288 e. The molecule has 0 N–H and O–H groups in total. The molecule has 0 bridgehead atoms. The van der Waals surface area contributed by atoms with Crippen LogP contribution in [0.1, 0.15) is 43.1 Å². The Morgan fingerprint density at radius 2 is 2.00 bits per heavy atom. The molecule has 1 heterocycles. The number of carbonyl (C=O) groups excluding carboxylic acids is 1. The van der Waals surface area contributed by atoms with E-state index in [1.807, 2.05) is 20.8 Å². The van der Waals surface area contributed by atoms with Crippen LogP contribution in [0.25, 0.3) is 0 Å². The van der Waals surface area contributed by atoms with Gasteiger partial charge in [-0.3, -0.25) is 4.79 Å². The molecule has 1 aromatic rings. The summed E-state index contributed by atoms with van der Waals surface area (Å²) in [5, 5.41) is 4.00. The summed E-state index contributed by atoms with van der Waals surface area (Å²) in [4.78, 5) is 12.3. The maximum atomic E-state index is 11.7.